The van der Waals surface area contributed by atoms with Crippen LogP contribution in [0.3, 0.4) is 0 Å². The summed E-state index contributed by atoms with van der Waals surface area (Å²) in [4.78, 5) is 23.2. The lowest BCUT2D eigenvalue weighted by Gasteiger charge is -2.26. The van der Waals surface area contributed by atoms with Gasteiger partial charge in [0.05, 0.1) is 5.92 Å². The molecular weight excluding hydrogens is 315 g/mol. The van der Waals surface area contributed by atoms with E-state index in [9.17, 15) is 22.8 Å². The summed E-state index contributed by atoms with van der Waals surface area (Å²) in [6, 6.07) is -0.794. The Labute approximate surface area is 131 Å². The van der Waals surface area contributed by atoms with Crippen LogP contribution in [0, 0.1) is 23.4 Å². The molecule has 0 aromatic heterocycles. The van der Waals surface area contributed by atoms with Crippen LogP contribution in [-0.4, -0.2) is 28.7 Å². The van der Waals surface area contributed by atoms with Gasteiger partial charge in [-0.3, -0.25) is 9.59 Å². The van der Waals surface area contributed by atoms with Crippen molar-refractivity contribution < 1.29 is 32.6 Å². The second-order valence-electron chi connectivity index (χ2n) is 6.07. The molecule has 1 aromatic carbocycles. The molecule has 0 heterocycles. The lowest BCUT2D eigenvalue weighted by molar-refractivity contribution is -0.163. The van der Waals surface area contributed by atoms with Crippen LogP contribution < -0.4 is 5.73 Å². The first-order valence-electron chi connectivity index (χ1n) is 6.77. The van der Waals surface area contributed by atoms with Crippen LogP contribution in [-0.2, 0) is 20.7 Å². The Morgan fingerprint density at radius 1 is 1.17 bits per heavy atom. The molecule has 0 spiro atoms. The number of rotatable bonds is 5. The van der Waals surface area contributed by atoms with E-state index in [-0.39, 0.29) is 5.56 Å². The predicted molar refractivity (Wildman–Crippen MR) is 75.0 cm³/mol. The van der Waals surface area contributed by atoms with E-state index in [2.05, 4.69) is 0 Å². The molecule has 8 heteroatoms. The van der Waals surface area contributed by atoms with Gasteiger partial charge < -0.3 is 15.6 Å². The van der Waals surface area contributed by atoms with Gasteiger partial charge in [0.2, 0.25) is 0 Å². The summed E-state index contributed by atoms with van der Waals surface area (Å²) in [6.45, 7) is 4.69. The standard InChI is InChI=1S/C15H18F3NO4/c1-15(2,3)23-14(22)8(12(19)13(20)21)4-7-5-10(17)11(18)6-9(7)16/h5-6,8,12H,4,19H2,1-3H3,(H,20,21). The fraction of sp³-hybridized carbons (Fsp3) is 0.467. The second kappa shape index (κ2) is 6.99. The van der Waals surface area contributed by atoms with Gasteiger partial charge in [-0.25, -0.2) is 13.2 Å². The van der Waals surface area contributed by atoms with Gasteiger partial charge in [-0.2, -0.15) is 0 Å². The first-order valence-corrected chi connectivity index (χ1v) is 6.77. The lowest BCUT2D eigenvalue weighted by atomic mass is 9.92. The van der Waals surface area contributed by atoms with E-state index in [1.165, 1.54) is 0 Å². The topological polar surface area (TPSA) is 89.6 Å². The second-order valence-corrected chi connectivity index (χ2v) is 6.07. The SMILES string of the molecule is CC(C)(C)OC(=O)C(Cc1cc(F)c(F)cc1F)C(N)C(=O)O. The van der Waals surface area contributed by atoms with E-state index >= 15 is 0 Å². The van der Waals surface area contributed by atoms with Crippen molar-refractivity contribution in [1.82, 2.24) is 0 Å². The minimum Gasteiger partial charge on any atom is -0.480 e. The van der Waals surface area contributed by atoms with Gasteiger partial charge >= 0.3 is 11.9 Å². The maximum absolute atomic E-state index is 13.7. The molecule has 0 saturated heterocycles. The summed E-state index contributed by atoms with van der Waals surface area (Å²) in [5.41, 5.74) is 4.17. The summed E-state index contributed by atoms with van der Waals surface area (Å²) in [6.07, 6.45) is -0.536. The average molecular weight is 333 g/mol. The monoisotopic (exact) mass is 333 g/mol. The number of ether oxygens (including phenoxy) is 1. The molecule has 0 radical (unpaired) electrons. The van der Waals surface area contributed by atoms with Crippen LogP contribution in [0.5, 0.6) is 0 Å². The number of aliphatic carboxylic acids is 1. The molecule has 1 aromatic rings. The predicted octanol–water partition coefficient (Wildman–Crippen LogP) is 2.02. The molecule has 23 heavy (non-hydrogen) atoms. The van der Waals surface area contributed by atoms with E-state index < -0.39 is 53.4 Å². The van der Waals surface area contributed by atoms with Crippen LogP contribution >= 0.6 is 0 Å². The number of carbonyl (C=O) groups is 2. The Morgan fingerprint density at radius 3 is 2.17 bits per heavy atom. The number of benzene rings is 1. The third-order valence-corrected chi connectivity index (χ3v) is 2.96. The molecular formula is C15H18F3NO4. The molecule has 0 saturated carbocycles. The van der Waals surface area contributed by atoms with E-state index in [1.807, 2.05) is 0 Å². The molecule has 0 amide bonds. The molecule has 0 aliphatic carbocycles. The quantitative estimate of drug-likeness (QED) is 0.635. The van der Waals surface area contributed by atoms with E-state index in [4.69, 9.17) is 15.6 Å². The number of carbonyl (C=O) groups excluding carboxylic acids is 1. The smallest absolute Gasteiger partial charge is 0.321 e. The van der Waals surface area contributed by atoms with Gasteiger partial charge in [0.1, 0.15) is 17.5 Å². The fourth-order valence-electron chi connectivity index (χ4n) is 1.86. The number of hydrogen-bond donors (Lipinski definition) is 2. The molecule has 1 rings (SSSR count). The zero-order chi connectivity index (χ0) is 17.9. The van der Waals surface area contributed by atoms with Crippen molar-refractivity contribution >= 4 is 11.9 Å². The van der Waals surface area contributed by atoms with Gasteiger partial charge in [0, 0.05) is 6.07 Å². The highest BCUT2D eigenvalue weighted by Gasteiger charge is 2.35. The van der Waals surface area contributed by atoms with Crippen LogP contribution in [0.15, 0.2) is 12.1 Å². The van der Waals surface area contributed by atoms with Crippen molar-refractivity contribution in [3.63, 3.8) is 0 Å². The Hall–Kier alpha value is -2.09. The normalized spacial score (nSPS) is 14.2. The Morgan fingerprint density at radius 2 is 1.70 bits per heavy atom. The zero-order valence-corrected chi connectivity index (χ0v) is 12.9. The number of carboxylic acids is 1. The number of esters is 1. The van der Waals surface area contributed by atoms with Crippen molar-refractivity contribution in [2.75, 3.05) is 0 Å². The third kappa shape index (κ3) is 5.24. The third-order valence-electron chi connectivity index (χ3n) is 2.96. The van der Waals surface area contributed by atoms with Crippen molar-refractivity contribution in [3.05, 3.63) is 35.1 Å². The highest BCUT2D eigenvalue weighted by atomic mass is 19.2. The van der Waals surface area contributed by atoms with Gasteiger partial charge in [0.15, 0.2) is 11.6 Å². The van der Waals surface area contributed by atoms with Crippen molar-refractivity contribution in [2.24, 2.45) is 11.7 Å². The molecule has 0 fully saturated rings. The molecule has 0 aliphatic heterocycles. The number of hydrogen-bond acceptors (Lipinski definition) is 4. The number of halogens is 3. The summed E-state index contributed by atoms with van der Waals surface area (Å²) in [5, 5.41) is 8.99. The highest BCUT2D eigenvalue weighted by Crippen LogP contribution is 2.21. The van der Waals surface area contributed by atoms with Gasteiger partial charge in [-0.15, -0.1) is 0 Å². The van der Waals surface area contributed by atoms with Crippen molar-refractivity contribution in [3.8, 4) is 0 Å². The van der Waals surface area contributed by atoms with E-state index in [0.717, 1.165) is 0 Å². The maximum Gasteiger partial charge on any atom is 0.321 e. The zero-order valence-electron chi connectivity index (χ0n) is 12.9. The minimum atomic E-state index is -1.68. The van der Waals surface area contributed by atoms with Crippen molar-refractivity contribution in [1.29, 1.82) is 0 Å². The van der Waals surface area contributed by atoms with Crippen LogP contribution in [0.2, 0.25) is 0 Å². The van der Waals surface area contributed by atoms with Gasteiger partial charge in [0.25, 0.3) is 0 Å². The fourth-order valence-corrected chi connectivity index (χ4v) is 1.86. The molecule has 128 valence electrons. The molecule has 0 aliphatic rings. The maximum atomic E-state index is 13.7. The first kappa shape index (κ1) is 19.0. The summed E-state index contributed by atoms with van der Waals surface area (Å²) in [7, 11) is 0. The Bertz CT molecular complexity index is 613. The van der Waals surface area contributed by atoms with Gasteiger partial charge in [-0.1, -0.05) is 0 Å². The van der Waals surface area contributed by atoms with Gasteiger partial charge in [-0.05, 0) is 38.8 Å². The average Bonchev–Trinajstić information content (AvgIpc) is 2.38. The van der Waals surface area contributed by atoms with Crippen LogP contribution in [0.25, 0.3) is 0 Å². The number of nitrogens with two attached hydrogens (primary N) is 1. The molecule has 5 nitrogen and oxygen atoms in total. The van der Waals surface area contributed by atoms with Crippen LogP contribution in [0.4, 0.5) is 13.2 Å². The molecule has 0 bridgehead atoms. The number of carboxylic acid groups (broad SMARTS) is 1. The minimum absolute atomic E-state index is 0.323. The summed E-state index contributed by atoms with van der Waals surface area (Å²) < 4.78 is 44.9. The van der Waals surface area contributed by atoms with E-state index in [1.54, 1.807) is 20.8 Å². The largest absolute Gasteiger partial charge is 0.480 e. The lowest BCUT2D eigenvalue weighted by Crippen LogP contribution is -2.45. The van der Waals surface area contributed by atoms with Crippen molar-refractivity contribution in [2.45, 2.75) is 38.8 Å². The van der Waals surface area contributed by atoms with E-state index in [0.29, 0.717) is 12.1 Å². The summed E-state index contributed by atoms with van der Waals surface area (Å²) >= 11 is 0. The van der Waals surface area contributed by atoms with Crippen LogP contribution in [0.1, 0.15) is 26.3 Å². The Balaban J connectivity index is 3.14. The first-order chi connectivity index (χ1) is 10.4. The Kier molecular flexibility index (Phi) is 5.76. The molecule has 3 N–H and O–H groups in total. The summed E-state index contributed by atoms with van der Waals surface area (Å²) in [5.74, 6) is -7.71. The molecule has 2 unspecified atom stereocenters. The molecule has 2 atom stereocenters. The highest BCUT2D eigenvalue weighted by molar-refractivity contribution is 5.83.